The van der Waals surface area contributed by atoms with Gasteiger partial charge in [-0.2, -0.15) is 5.10 Å². The Bertz CT molecular complexity index is 1700. The van der Waals surface area contributed by atoms with E-state index in [0.29, 0.717) is 42.8 Å². The lowest BCUT2D eigenvalue weighted by Gasteiger charge is -2.22. The lowest BCUT2D eigenvalue weighted by Crippen LogP contribution is -2.29. The lowest BCUT2D eigenvalue weighted by molar-refractivity contribution is 0.0955. The number of benzene rings is 4. The molecule has 0 spiro atoms. The van der Waals surface area contributed by atoms with Gasteiger partial charge in [0.05, 0.1) is 36.3 Å². The van der Waals surface area contributed by atoms with Gasteiger partial charge in [-0.1, -0.05) is 59.6 Å². The zero-order valence-electron chi connectivity index (χ0n) is 22.6. The van der Waals surface area contributed by atoms with E-state index in [4.69, 9.17) is 32.7 Å². The van der Waals surface area contributed by atoms with Gasteiger partial charge < -0.3 is 9.47 Å². The largest absolute Gasteiger partial charge is 0.493 e. The number of para-hydroxylation sites is 1. The summed E-state index contributed by atoms with van der Waals surface area (Å²) in [6.45, 7) is 0.331. The van der Waals surface area contributed by atoms with Gasteiger partial charge >= 0.3 is 0 Å². The number of anilines is 1. The summed E-state index contributed by atoms with van der Waals surface area (Å²) in [5.41, 5.74) is 5.56. The van der Waals surface area contributed by atoms with E-state index in [0.717, 1.165) is 17.4 Å². The molecule has 8 nitrogen and oxygen atoms in total. The molecule has 0 aliphatic carbocycles. The molecule has 4 aromatic rings. The Kier molecular flexibility index (Phi) is 10.5. The SMILES string of the molecule is COc1cc(/C=N\NC(=O)c2ccc(CN(c3ccccc3)S(C)(=O)=O)cc2)cc(Br)c1OCc1ccc(Cl)cc1Cl. The molecule has 0 unspecified atom stereocenters. The topological polar surface area (TPSA) is 97.3 Å². The van der Waals surface area contributed by atoms with Crippen molar-refractivity contribution < 1.29 is 22.7 Å². The molecule has 1 amide bonds. The van der Waals surface area contributed by atoms with Crippen molar-refractivity contribution in [1.82, 2.24) is 5.43 Å². The number of hydrogen-bond acceptors (Lipinski definition) is 6. The Labute approximate surface area is 263 Å². The van der Waals surface area contributed by atoms with Crippen LogP contribution in [-0.4, -0.2) is 33.9 Å². The van der Waals surface area contributed by atoms with Crippen LogP contribution in [0.3, 0.4) is 0 Å². The highest BCUT2D eigenvalue weighted by Gasteiger charge is 2.18. The van der Waals surface area contributed by atoms with Crippen molar-refractivity contribution in [2.45, 2.75) is 13.2 Å². The minimum absolute atomic E-state index is 0.131. The van der Waals surface area contributed by atoms with Crippen molar-refractivity contribution in [2.24, 2.45) is 5.10 Å². The van der Waals surface area contributed by atoms with E-state index in [2.05, 4.69) is 26.5 Å². The van der Waals surface area contributed by atoms with Crippen molar-refractivity contribution in [3.8, 4) is 11.5 Å². The molecule has 0 aliphatic rings. The minimum atomic E-state index is -3.51. The van der Waals surface area contributed by atoms with E-state index >= 15 is 0 Å². The molecule has 4 rings (SSSR count). The molecule has 0 atom stereocenters. The van der Waals surface area contributed by atoms with Crippen molar-refractivity contribution in [3.63, 3.8) is 0 Å². The third-order valence-corrected chi connectivity index (χ3v) is 8.32. The average molecular weight is 691 g/mol. The molecule has 1 N–H and O–H groups in total. The molecule has 4 aromatic carbocycles. The van der Waals surface area contributed by atoms with Gasteiger partial charge in [-0.25, -0.2) is 13.8 Å². The Balaban J connectivity index is 1.39. The number of ether oxygens (including phenoxy) is 2. The number of amides is 1. The highest BCUT2D eigenvalue weighted by Crippen LogP contribution is 2.37. The summed E-state index contributed by atoms with van der Waals surface area (Å²) in [7, 11) is -1.99. The molecular formula is C30H26BrCl2N3O5S. The fourth-order valence-corrected chi connectivity index (χ4v) is 5.82. The van der Waals surface area contributed by atoms with E-state index in [1.54, 1.807) is 78.9 Å². The third-order valence-electron chi connectivity index (χ3n) is 6.01. The van der Waals surface area contributed by atoms with Crippen LogP contribution in [0.1, 0.15) is 27.0 Å². The summed E-state index contributed by atoms with van der Waals surface area (Å²) in [5, 5.41) is 5.09. The number of halogens is 3. The van der Waals surface area contributed by atoms with E-state index in [-0.39, 0.29) is 13.2 Å². The maximum Gasteiger partial charge on any atom is 0.271 e. The Morgan fingerprint density at radius 2 is 1.74 bits per heavy atom. The summed E-state index contributed by atoms with van der Waals surface area (Å²) in [6, 6.07) is 24.1. The van der Waals surface area contributed by atoms with Gasteiger partial charge in [0.15, 0.2) is 11.5 Å². The molecule has 0 aliphatic heterocycles. The summed E-state index contributed by atoms with van der Waals surface area (Å²) >= 11 is 15.7. The smallest absolute Gasteiger partial charge is 0.271 e. The second-order valence-electron chi connectivity index (χ2n) is 9.06. The number of carbonyl (C=O) groups excluding carboxylic acids is 1. The van der Waals surface area contributed by atoms with Gasteiger partial charge in [0.1, 0.15) is 6.61 Å². The second kappa shape index (κ2) is 14.1. The summed E-state index contributed by atoms with van der Waals surface area (Å²) in [6.07, 6.45) is 2.63. The molecule has 0 saturated heterocycles. The first-order valence-electron chi connectivity index (χ1n) is 12.4. The van der Waals surface area contributed by atoms with Crippen LogP contribution in [0.4, 0.5) is 5.69 Å². The maximum absolute atomic E-state index is 12.7. The number of rotatable bonds is 11. The number of hydrogen-bond donors (Lipinski definition) is 1. The molecular weight excluding hydrogens is 665 g/mol. The number of methoxy groups -OCH3 is 1. The number of nitrogens with zero attached hydrogens (tertiary/aromatic N) is 2. The maximum atomic E-state index is 12.7. The molecule has 0 aromatic heterocycles. The van der Waals surface area contributed by atoms with Crippen LogP contribution < -0.4 is 19.2 Å². The normalized spacial score (nSPS) is 11.4. The molecule has 0 bridgehead atoms. The van der Waals surface area contributed by atoms with Crippen LogP contribution >= 0.6 is 39.1 Å². The van der Waals surface area contributed by atoms with E-state index < -0.39 is 15.9 Å². The molecule has 218 valence electrons. The van der Waals surface area contributed by atoms with E-state index in [1.807, 2.05) is 6.07 Å². The zero-order chi connectivity index (χ0) is 30.3. The minimum Gasteiger partial charge on any atom is -0.493 e. The van der Waals surface area contributed by atoms with E-state index in [9.17, 15) is 13.2 Å². The molecule has 0 fully saturated rings. The molecule has 0 radical (unpaired) electrons. The number of sulfonamides is 1. The first kappa shape index (κ1) is 31.4. The van der Waals surface area contributed by atoms with Gasteiger partial charge in [0, 0.05) is 21.2 Å². The van der Waals surface area contributed by atoms with Crippen molar-refractivity contribution in [3.05, 3.63) is 122 Å². The van der Waals surface area contributed by atoms with Gasteiger partial charge in [-0.15, -0.1) is 0 Å². The number of carbonyl (C=O) groups is 1. The first-order chi connectivity index (χ1) is 20.0. The van der Waals surface area contributed by atoms with Crippen LogP contribution in [0.25, 0.3) is 0 Å². The van der Waals surface area contributed by atoms with E-state index in [1.165, 1.54) is 17.6 Å². The van der Waals surface area contributed by atoms with Gasteiger partial charge in [-0.05, 0) is 75.6 Å². The first-order valence-corrected chi connectivity index (χ1v) is 15.8. The fraction of sp³-hybridized carbons (Fsp3) is 0.133. The second-order valence-corrected chi connectivity index (χ2v) is 12.7. The summed E-state index contributed by atoms with van der Waals surface area (Å²) in [4.78, 5) is 12.7. The Morgan fingerprint density at radius 3 is 2.38 bits per heavy atom. The van der Waals surface area contributed by atoms with Gasteiger partial charge in [-0.3, -0.25) is 9.10 Å². The standard InChI is InChI=1S/C30H26BrCl2N3O5S/c1-40-28-15-21(14-26(31)29(28)41-19-23-12-13-24(32)16-27(23)33)17-34-35-30(37)22-10-8-20(9-11-22)18-36(42(2,38)39)25-6-4-3-5-7-25/h3-17H,18-19H2,1-2H3,(H,35,37)/b34-17-. The molecule has 12 heteroatoms. The summed E-state index contributed by atoms with van der Waals surface area (Å²) in [5.74, 6) is 0.509. The number of nitrogens with one attached hydrogen (secondary N) is 1. The Morgan fingerprint density at radius 1 is 1.02 bits per heavy atom. The molecule has 42 heavy (non-hydrogen) atoms. The average Bonchev–Trinajstić information content (AvgIpc) is 2.96. The monoisotopic (exact) mass is 689 g/mol. The predicted octanol–water partition coefficient (Wildman–Crippen LogP) is 7.07. The molecule has 0 heterocycles. The van der Waals surface area contributed by atoms with Crippen LogP contribution in [0.15, 0.2) is 94.5 Å². The predicted molar refractivity (Wildman–Crippen MR) is 170 cm³/mol. The van der Waals surface area contributed by atoms with Gasteiger partial charge in [0.25, 0.3) is 5.91 Å². The van der Waals surface area contributed by atoms with Crippen molar-refractivity contribution in [2.75, 3.05) is 17.7 Å². The quantitative estimate of drug-likeness (QED) is 0.134. The van der Waals surface area contributed by atoms with Crippen molar-refractivity contribution in [1.29, 1.82) is 0 Å². The third kappa shape index (κ3) is 8.25. The Hall–Kier alpha value is -3.57. The zero-order valence-corrected chi connectivity index (χ0v) is 26.5. The summed E-state index contributed by atoms with van der Waals surface area (Å²) < 4.78 is 38.1. The highest BCUT2D eigenvalue weighted by molar-refractivity contribution is 9.10. The van der Waals surface area contributed by atoms with Crippen LogP contribution in [0, 0.1) is 0 Å². The van der Waals surface area contributed by atoms with Crippen molar-refractivity contribution >= 4 is 67.0 Å². The van der Waals surface area contributed by atoms with Crippen LogP contribution in [0.2, 0.25) is 10.0 Å². The van der Waals surface area contributed by atoms with Crippen LogP contribution in [0.5, 0.6) is 11.5 Å². The highest BCUT2D eigenvalue weighted by atomic mass is 79.9. The molecule has 0 saturated carbocycles. The lowest BCUT2D eigenvalue weighted by atomic mass is 10.1. The number of hydrazone groups is 1. The van der Waals surface area contributed by atoms with Gasteiger partial charge in [0.2, 0.25) is 10.0 Å². The van der Waals surface area contributed by atoms with Crippen LogP contribution in [-0.2, 0) is 23.2 Å². The fourth-order valence-electron chi connectivity index (χ4n) is 3.89.